The summed E-state index contributed by atoms with van der Waals surface area (Å²) in [6.45, 7) is 2.10. The summed E-state index contributed by atoms with van der Waals surface area (Å²) in [5.41, 5.74) is 2.75. The van der Waals surface area contributed by atoms with Crippen LogP contribution in [0.5, 0.6) is 5.75 Å². The first-order valence-electron chi connectivity index (χ1n) is 10.3. The van der Waals surface area contributed by atoms with Gasteiger partial charge in [-0.1, -0.05) is 54.6 Å². The van der Waals surface area contributed by atoms with Gasteiger partial charge in [-0.3, -0.25) is 0 Å². The van der Waals surface area contributed by atoms with Gasteiger partial charge < -0.3 is 4.74 Å². The molecule has 0 amide bonds. The maximum Gasteiger partial charge on any atom is 0.240 e. The molecular formula is C24H21N5O3S. The molecule has 2 aromatic heterocycles. The average molecular weight is 460 g/mol. The van der Waals surface area contributed by atoms with Crippen molar-refractivity contribution in [3.8, 4) is 17.1 Å². The SMILES string of the molecule is COc1ccc(S(=O)(=O)NCc2ccccc2)cc1-c1nnc2c3ccccc3c(C)nn12. The Morgan fingerprint density at radius 1 is 0.939 bits per heavy atom. The molecule has 1 N–H and O–H groups in total. The Balaban J connectivity index is 1.60. The van der Waals surface area contributed by atoms with Gasteiger partial charge in [0.1, 0.15) is 5.75 Å². The first-order valence-corrected chi connectivity index (χ1v) is 11.8. The second-order valence-electron chi connectivity index (χ2n) is 7.56. The Labute approximate surface area is 190 Å². The number of nitrogens with zero attached hydrogens (tertiary/aromatic N) is 4. The summed E-state index contributed by atoms with van der Waals surface area (Å²) in [7, 11) is -2.25. The standard InChI is InChI=1S/C24H21N5O3S/c1-16-19-10-6-7-11-20(19)23-26-27-24(29(23)28-16)21-14-18(12-13-22(21)32-2)33(30,31)25-15-17-8-4-3-5-9-17/h3-14,25H,15H2,1-2H3. The molecule has 3 aromatic carbocycles. The quantitative estimate of drug-likeness (QED) is 0.415. The van der Waals surface area contributed by atoms with Crippen LogP contribution in [0.15, 0.2) is 77.7 Å². The molecule has 166 valence electrons. The first kappa shape index (κ1) is 21.0. The summed E-state index contributed by atoms with van der Waals surface area (Å²) in [6.07, 6.45) is 0. The van der Waals surface area contributed by atoms with Crippen molar-refractivity contribution < 1.29 is 13.2 Å². The van der Waals surface area contributed by atoms with E-state index in [4.69, 9.17) is 4.74 Å². The Morgan fingerprint density at radius 2 is 1.67 bits per heavy atom. The number of rotatable bonds is 6. The Hall–Kier alpha value is -3.82. The van der Waals surface area contributed by atoms with E-state index < -0.39 is 10.0 Å². The van der Waals surface area contributed by atoms with Gasteiger partial charge in [0.15, 0.2) is 11.5 Å². The third kappa shape index (κ3) is 3.81. The summed E-state index contributed by atoms with van der Waals surface area (Å²) in [4.78, 5) is 0.100. The fourth-order valence-corrected chi connectivity index (χ4v) is 4.84. The lowest BCUT2D eigenvalue weighted by Crippen LogP contribution is -2.23. The fraction of sp³-hybridized carbons (Fsp3) is 0.125. The lowest BCUT2D eigenvalue weighted by Gasteiger charge is -2.12. The van der Waals surface area contributed by atoms with Crippen LogP contribution in [0, 0.1) is 6.92 Å². The summed E-state index contributed by atoms with van der Waals surface area (Å²) >= 11 is 0. The number of ether oxygens (including phenoxy) is 1. The van der Waals surface area contributed by atoms with Crippen molar-refractivity contribution in [1.82, 2.24) is 24.5 Å². The van der Waals surface area contributed by atoms with Crippen molar-refractivity contribution in [2.45, 2.75) is 18.4 Å². The smallest absolute Gasteiger partial charge is 0.240 e. The van der Waals surface area contributed by atoms with Crippen LogP contribution in [0.3, 0.4) is 0 Å². The zero-order valence-electron chi connectivity index (χ0n) is 18.1. The highest BCUT2D eigenvalue weighted by Gasteiger charge is 2.21. The van der Waals surface area contributed by atoms with E-state index >= 15 is 0 Å². The predicted octanol–water partition coefficient (Wildman–Crippen LogP) is 3.74. The van der Waals surface area contributed by atoms with Crippen molar-refractivity contribution in [3.05, 3.63) is 84.1 Å². The maximum absolute atomic E-state index is 13.0. The van der Waals surface area contributed by atoms with E-state index in [2.05, 4.69) is 20.0 Å². The summed E-state index contributed by atoms with van der Waals surface area (Å²) in [6, 6.07) is 21.8. The van der Waals surface area contributed by atoms with E-state index in [0.717, 1.165) is 22.0 Å². The maximum atomic E-state index is 13.0. The van der Waals surface area contributed by atoms with Crippen LogP contribution in [0.25, 0.3) is 27.8 Å². The van der Waals surface area contributed by atoms with Gasteiger partial charge in [-0.2, -0.15) is 9.61 Å². The van der Waals surface area contributed by atoms with Crippen molar-refractivity contribution in [2.24, 2.45) is 0 Å². The van der Waals surface area contributed by atoms with E-state index in [0.29, 0.717) is 22.8 Å². The normalized spacial score (nSPS) is 11.8. The molecule has 0 atom stereocenters. The van der Waals surface area contributed by atoms with Crippen molar-refractivity contribution in [1.29, 1.82) is 0 Å². The number of nitrogens with one attached hydrogen (secondary N) is 1. The number of fused-ring (bicyclic) bond motifs is 3. The minimum atomic E-state index is -3.78. The molecule has 0 unspecified atom stereocenters. The molecule has 33 heavy (non-hydrogen) atoms. The number of aromatic nitrogens is 4. The highest BCUT2D eigenvalue weighted by molar-refractivity contribution is 7.89. The molecule has 0 aliphatic heterocycles. The number of hydrogen-bond acceptors (Lipinski definition) is 6. The molecule has 5 aromatic rings. The lowest BCUT2D eigenvalue weighted by molar-refractivity contribution is 0.415. The number of hydrogen-bond donors (Lipinski definition) is 1. The molecule has 0 saturated carbocycles. The van der Waals surface area contributed by atoms with Crippen molar-refractivity contribution in [2.75, 3.05) is 7.11 Å². The topological polar surface area (TPSA) is 98.5 Å². The second kappa shape index (κ2) is 8.27. The molecule has 0 spiro atoms. The van der Waals surface area contributed by atoms with Gasteiger partial charge in [-0.05, 0) is 30.7 Å². The van der Waals surface area contributed by atoms with Crippen LogP contribution < -0.4 is 9.46 Å². The molecular weight excluding hydrogens is 438 g/mol. The molecule has 0 saturated heterocycles. The summed E-state index contributed by atoms with van der Waals surface area (Å²) < 4.78 is 35.8. The number of sulfonamides is 1. The molecule has 0 bridgehead atoms. The van der Waals surface area contributed by atoms with Gasteiger partial charge in [0.2, 0.25) is 10.0 Å². The Bertz CT molecular complexity index is 1580. The molecule has 0 radical (unpaired) electrons. The largest absolute Gasteiger partial charge is 0.496 e. The monoisotopic (exact) mass is 459 g/mol. The number of methoxy groups -OCH3 is 1. The third-order valence-electron chi connectivity index (χ3n) is 5.48. The van der Waals surface area contributed by atoms with Crippen LogP contribution in [0.4, 0.5) is 0 Å². The molecule has 8 nitrogen and oxygen atoms in total. The molecule has 5 rings (SSSR count). The molecule has 0 aliphatic carbocycles. The number of benzene rings is 3. The minimum Gasteiger partial charge on any atom is -0.496 e. The minimum absolute atomic E-state index is 0.100. The van der Waals surface area contributed by atoms with Gasteiger partial charge in [0, 0.05) is 17.3 Å². The van der Waals surface area contributed by atoms with Crippen LogP contribution >= 0.6 is 0 Å². The molecule has 2 heterocycles. The van der Waals surface area contributed by atoms with Gasteiger partial charge >= 0.3 is 0 Å². The van der Waals surface area contributed by atoms with E-state index in [-0.39, 0.29) is 11.4 Å². The van der Waals surface area contributed by atoms with E-state index in [1.807, 2.05) is 61.5 Å². The van der Waals surface area contributed by atoms with Gasteiger partial charge in [0.25, 0.3) is 0 Å². The molecule has 0 fully saturated rings. The van der Waals surface area contributed by atoms with E-state index in [1.54, 1.807) is 10.6 Å². The van der Waals surface area contributed by atoms with Crippen LogP contribution in [0.1, 0.15) is 11.3 Å². The van der Waals surface area contributed by atoms with Gasteiger partial charge in [-0.25, -0.2) is 13.1 Å². The van der Waals surface area contributed by atoms with E-state index in [9.17, 15) is 8.42 Å². The van der Waals surface area contributed by atoms with Crippen molar-refractivity contribution >= 4 is 26.4 Å². The average Bonchev–Trinajstić information content (AvgIpc) is 3.27. The third-order valence-corrected chi connectivity index (χ3v) is 6.88. The molecule has 0 aliphatic rings. The highest BCUT2D eigenvalue weighted by atomic mass is 32.2. The zero-order chi connectivity index (χ0) is 23.0. The second-order valence-corrected chi connectivity index (χ2v) is 9.33. The van der Waals surface area contributed by atoms with Gasteiger partial charge in [0.05, 0.1) is 23.3 Å². The fourth-order valence-electron chi connectivity index (χ4n) is 3.79. The number of aryl methyl sites for hydroxylation is 1. The summed E-state index contributed by atoms with van der Waals surface area (Å²) in [5, 5.41) is 15.2. The summed E-state index contributed by atoms with van der Waals surface area (Å²) in [5.74, 6) is 0.870. The highest BCUT2D eigenvalue weighted by Crippen LogP contribution is 2.32. The van der Waals surface area contributed by atoms with Crippen LogP contribution in [-0.2, 0) is 16.6 Å². The Kier molecular flexibility index (Phi) is 5.27. The zero-order valence-corrected chi connectivity index (χ0v) is 18.9. The van der Waals surface area contributed by atoms with Gasteiger partial charge in [-0.15, -0.1) is 10.2 Å². The Morgan fingerprint density at radius 3 is 2.42 bits per heavy atom. The van der Waals surface area contributed by atoms with Crippen LogP contribution in [0.2, 0.25) is 0 Å². The van der Waals surface area contributed by atoms with Crippen molar-refractivity contribution in [3.63, 3.8) is 0 Å². The predicted molar refractivity (Wildman–Crippen MR) is 125 cm³/mol. The van der Waals surface area contributed by atoms with E-state index in [1.165, 1.54) is 19.2 Å². The first-order chi connectivity index (χ1) is 16.0. The van der Waals surface area contributed by atoms with Crippen LogP contribution in [-0.4, -0.2) is 35.3 Å². The molecule has 9 heteroatoms. The lowest BCUT2D eigenvalue weighted by atomic mass is 10.1.